The highest BCUT2D eigenvalue weighted by molar-refractivity contribution is 6.33. The van der Waals surface area contributed by atoms with E-state index in [-0.39, 0.29) is 0 Å². The van der Waals surface area contributed by atoms with Crippen LogP contribution in [0.15, 0.2) is 18.2 Å². The highest BCUT2D eigenvalue weighted by atomic mass is 35.5. The van der Waals surface area contributed by atoms with Crippen LogP contribution in [0.3, 0.4) is 0 Å². The molecule has 0 heterocycles. The van der Waals surface area contributed by atoms with Crippen LogP contribution in [-0.4, -0.2) is 6.04 Å². The van der Waals surface area contributed by atoms with E-state index in [4.69, 9.17) is 16.9 Å². The van der Waals surface area contributed by atoms with Gasteiger partial charge >= 0.3 is 0 Å². The molecule has 1 atom stereocenters. The molecule has 0 aromatic heterocycles. The molecule has 0 amide bonds. The van der Waals surface area contributed by atoms with E-state index in [0.717, 1.165) is 5.69 Å². The van der Waals surface area contributed by atoms with Crippen molar-refractivity contribution in [3.63, 3.8) is 0 Å². The molecule has 3 rings (SSSR count). The summed E-state index contributed by atoms with van der Waals surface area (Å²) in [6.07, 6.45) is 9.47. The van der Waals surface area contributed by atoms with Crippen molar-refractivity contribution in [1.82, 2.24) is 0 Å². The number of nitriles is 1. The highest BCUT2D eigenvalue weighted by Gasteiger charge is 2.46. The molecule has 3 heteroatoms. The SMILES string of the molecule is N#Cc1ccc(NC2CCC23CCCCC3)c(Cl)c1. The van der Waals surface area contributed by atoms with Gasteiger partial charge in [-0.2, -0.15) is 5.26 Å². The minimum Gasteiger partial charge on any atom is -0.381 e. The van der Waals surface area contributed by atoms with E-state index in [1.165, 1.54) is 44.9 Å². The van der Waals surface area contributed by atoms with Gasteiger partial charge in [-0.15, -0.1) is 0 Å². The molecule has 1 unspecified atom stereocenters. The molecule has 2 nitrogen and oxygen atoms in total. The summed E-state index contributed by atoms with van der Waals surface area (Å²) in [5, 5.41) is 13.1. The predicted octanol–water partition coefficient (Wildman–Crippen LogP) is 4.74. The van der Waals surface area contributed by atoms with Crippen molar-refractivity contribution in [3.8, 4) is 6.07 Å². The summed E-state index contributed by atoms with van der Waals surface area (Å²) in [6, 6.07) is 8.21. The lowest BCUT2D eigenvalue weighted by molar-refractivity contribution is 0.0571. The lowest BCUT2D eigenvalue weighted by Gasteiger charge is -2.52. The Morgan fingerprint density at radius 1 is 1.21 bits per heavy atom. The second-order valence-corrected chi connectivity index (χ2v) is 6.37. The highest BCUT2D eigenvalue weighted by Crippen LogP contribution is 2.52. The van der Waals surface area contributed by atoms with Gasteiger partial charge in [0.1, 0.15) is 0 Å². The zero-order chi connectivity index (χ0) is 13.3. The van der Waals surface area contributed by atoms with Gasteiger partial charge in [-0.25, -0.2) is 0 Å². The van der Waals surface area contributed by atoms with Crippen LogP contribution in [0.25, 0.3) is 0 Å². The van der Waals surface area contributed by atoms with E-state index >= 15 is 0 Å². The number of halogens is 1. The third kappa shape index (κ3) is 2.32. The van der Waals surface area contributed by atoms with Crippen molar-refractivity contribution in [2.24, 2.45) is 5.41 Å². The average Bonchev–Trinajstić information content (AvgIpc) is 2.45. The van der Waals surface area contributed by atoms with E-state index in [0.29, 0.717) is 22.0 Å². The standard InChI is InChI=1S/C16H19ClN2/c17-13-10-12(11-18)4-5-14(13)19-15-6-9-16(15)7-2-1-3-8-16/h4-5,10,15,19H,1-3,6-9H2. The van der Waals surface area contributed by atoms with Crippen molar-refractivity contribution < 1.29 is 0 Å². The molecule has 0 radical (unpaired) electrons. The van der Waals surface area contributed by atoms with Gasteiger partial charge < -0.3 is 5.32 Å². The topological polar surface area (TPSA) is 35.8 Å². The van der Waals surface area contributed by atoms with Crippen LogP contribution in [-0.2, 0) is 0 Å². The van der Waals surface area contributed by atoms with E-state index in [2.05, 4.69) is 11.4 Å². The fraction of sp³-hybridized carbons (Fsp3) is 0.562. The van der Waals surface area contributed by atoms with Crippen LogP contribution in [0.2, 0.25) is 5.02 Å². The molecule has 2 aliphatic carbocycles. The molecule has 2 aliphatic rings. The Bertz CT molecular complexity index is 512. The van der Waals surface area contributed by atoms with Crippen LogP contribution >= 0.6 is 11.6 Å². The first-order valence-corrected chi connectivity index (χ1v) is 7.57. The molecule has 1 N–H and O–H groups in total. The largest absolute Gasteiger partial charge is 0.381 e. The van der Waals surface area contributed by atoms with Crippen LogP contribution in [0.4, 0.5) is 5.69 Å². The number of nitrogens with zero attached hydrogens (tertiary/aromatic N) is 1. The molecular weight excluding hydrogens is 256 g/mol. The lowest BCUT2D eigenvalue weighted by Crippen LogP contribution is -2.50. The molecule has 2 fully saturated rings. The summed E-state index contributed by atoms with van der Waals surface area (Å²) < 4.78 is 0. The molecular formula is C16H19ClN2. The predicted molar refractivity (Wildman–Crippen MR) is 78.3 cm³/mol. The number of nitrogens with one attached hydrogen (secondary N) is 1. The van der Waals surface area contributed by atoms with Crippen molar-refractivity contribution in [2.75, 3.05) is 5.32 Å². The van der Waals surface area contributed by atoms with Crippen LogP contribution in [0.1, 0.15) is 50.5 Å². The van der Waals surface area contributed by atoms with Gasteiger partial charge in [-0.3, -0.25) is 0 Å². The molecule has 1 spiro atoms. The summed E-state index contributed by atoms with van der Waals surface area (Å²) in [4.78, 5) is 0. The van der Waals surface area contributed by atoms with E-state index in [1.807, 2.05) is 12.1 Å². The van der Waals surface area contributed by atoms with Gasteiger partial charge in [0.2, 0.25) is 0 Å². The smallest absolute Gasteiger partial charge is 0.0992 e. The lowest BCUT2D eigenvalue weighted by atomic mass is 9.57. The maximum atomic E-state index is 8.86. The fourth-order valence-corrected chi connectivity index (χ4v) is 3.90. The Labute approximate surface area is 119 Å². The number of benzene rings is 1. The quantitative estimate of drug-likeness (QED) is 0.846. The molecule has 100 valence electrons. The first-order chi connectivity index (χ1) is 9.23. The second-order valence-electron chi connectivity index (χ2n) is 5.97. The molecule has 19 heavy (non-hydrogen) atoms. The van der Waals surface area contributed by atoms with Gasteiger partial charge in [0.15, 0.2) is 0 Å². The summed E-state index contributed by atoms with van der Waals surface area (Å²) in [5.74, 6) is 0. The van der Waals surface area contributed by atoms with Crippen molar-refractivity contribution >= 4 is 17.3 Å². The third-order valence-corrected chi connectivity index (χ3v) is 5.26. The molecule has 2 saturated carbocycles. The average molecular weight is 275 g/mol. The molecule has 0 bridgehead atoms. The third-order valence-electron chi connectivity index (χ3n) is 4.95. The Kier molecular flexibility index (Phi) is 3.41. The summed E-state index contributed by atoms with van der Waals surface area (Å²) in [6.45, 7) is 0. The summed E-state index contributed by atoms with van der Waals surface area (Å²) >= 11 is 6.25. The zero-order valence-corrected chi connectivity index (χ0v) is 11.8. The fourth-order valence-electron chi connectivity index (χ4n) is 3.67. The number of hydrogen-bond donors (Lipinski definition) is 1. The van der Waals surface area contributed by atoms with E-state index in [9.17, 15) is 0 Å². The Morgan fingerprint density at radius 3 is 2.58 bits per heavy atom. The van der Waals surface area contributed by atoms with Gasteiger partial charge in [0.25, 0.3) is 0 Å². The van der Waals surface area contributed by atoms with Crippen molar-refractivity contribution in [3.05, 3.63) is 28.8 Å². The maximum absolute atomic E-state index is 8.86. The van der Waals surface area contributed by atoms with Crippen LogP contribution in [0, 0.1) is 16.7 Å². The molecule has 0 saturated heterocycles. The van der Waals surface area contributed by atoms with Gasteiger partial charge in [-0.05, 0) is 49.3 Å². The van der Waals surface area contributed by atoms with E-state index < -0.39 is 0 Å². The number of anilines is 1. The monoisotopic (exact) mass is 274 g/mol. The first-order valence-electron chi connectivity index (χ1n) is 7.20. The van der Waals surface area contributed by atoms with E-state index in [1.54, 1.807) is 6.07 Å². The summed E-state index contributed by atoms with van der Waals surface area (Å²) in [7, 11) is 0. The molecule has 1 aromatic rings. The Balaban J connectivity index is 1.73. The second kappa shape index (κ2) is 5.06. The minimum absolute atomic E-state index is 0.523. The minimum atomic E-state index is 0.523. The summed E-state index contributed by atoms with van der Waals surface area (Å²) in [5.41, 5.74) is 2.13. The van der Waals surface area contributed by atoms with Crippen molar-refractivity contribution in [2.45, 2.75) is 51.0 Å². The first kappa shape index (κ1) is 12.8. The molecule has 0 aliphatic heterocycles. The van der Waals surface area contributed by atoms with Gasteiger partial charge in [0.05, 0.1) is 22.3 Å². The Morgan fingerprint density at radius 2 is 2.00 bits per heavy atom. The van der Waals surface area contributed by atoms with Crippen LogP contribution in [0.5, 0.6) is 0 Å². The number of rotatable bonds is 2. The normalized spacial score (nSPS) is 24.5. The van der Waals surface area contributed by atoms with Crippen molar-refractivity contribution in [1.29, 1.82) is 5.26 Å². The maximum Gasteiger partial charge on any atom is 0.0992 e. The zero-order valence-electron chi connectivity index (χ0n) is 11.1. The number of hydrogen-bond acceptors (Lipinski definition) is 2. The molecule has 1 aromatic carbocycles. The van der Waals surface area contributed by atoms with Gasteiger partial charge in [-0.1, -0.05) is 30.9 Å². The Hall–Kier alpha value is -1.20. The van der Waals surface area contributed by atoms with Crippen LogP contribution < -0.4 is 5.32 Å². The van der Waals surface area contributed by atoms with Gasteiger partial charge in [0, 0.05) is 6.04 Å².